The lowest BCUT2D eigenvalue weighted by Crippen LogP contribution is -2.08. The van der Waals surface area contributed by atoms with Crippen LogP contribution in [0.3, 0.4) is 0 Å². The molecule has 3 rings (SSSR count). The monoisotopic (exact) mass is 369 g/mol. The summed E-state index contributed by atoms with van der Waals surface area (Å²) in [5.74, 6) is 2.93. The lowest BCUT2D eigenvalue weighted by Gasteiger charge is -2.14. The molecule has 0 aliphatic rings. The largest absolute Gasteiger partial charge is 0.493 e. The number of nitrogens with zero attached hydrogens (tertiary/aromatic N) is 2. The van der Waals surface area contributed by atoms with Gasteiger partial charge in [-0.2, -0.15) is 0 Å². The molecule has 0 aliphatic carbocycles. The molecule has 0 amide bonds. The van der Waals surface area contributed by atoms with Crippen molar-refractivity contribution >= 4 is 16.7 Å². The summed E-state index contributed by atoms with van der Waals surface area (Å²) in [7, 11) is 3.21. The van der Waals surface area contributed by atoms with Crippen LogP contribution in [0.4, 0.5) is 10.2 Å². The van der Waals surface area contributed by atoms with Crippen LogP contribution in [0, 0.1) is 11.7 Å². The van der Waals surface area contributed by atoms with Crippen LogP contribution in [0.25, 0.3) is 10.9 Å². The first-order chi connectivity index (χ1) is 13.0. The SMILES string of the molecule is COc1cc2nc(CC(C)C)nc(NCc3ccc(F)cc3)c2cc1OC. The molecular weight excluding hydrogens is 345 g/mol. The van der Waals surface area contributed by atoms with Crippen LogP contribution in [0.2, 0.25) is 0 Å². The maximum Gasteiger partial charge on any atom is 0.162 e. The van der Waals surface area contributed by atoms with Crippen LogP contribution in [-0.4, -0.2) is 24.2 Å². The van der Waals surface area contributed by atoms with Crippen molar-refractivity contribution in [3.63, 3.8) is 0 Å². The van der Waals surface area contributed by atoms with Gasteiger partial charge in [0, 0.05) is 24.4 Å². The molecule has 0 unspecified atom stereocenters. The van der Waals surface area contributed by atoms with Crippen molar-refractivity contribution in [3.8, 4) is 11.5 Å². The standard InChI is InChI=1S/C21H24FN3O2/c1-13(2)9-20-24-17-11-19(27-4)18(26-3)10-16(17)21(25-20)23-12-14-5-7-15(22)8-6-14/h5-8,10-11,13H,9,12H2,1-4H3,(H,23,24,25). The Bertz CT molecular complexity index is 927. The van der Waals surface area contributed by atoms with Crippen molar-refractivity contribution in [3.05, 3.63) is 53.6 Å². The predicted molar refractivity (Wildman–Crippen MR) is 105 cm³/mol. The van der Waals surface area contributed by atoms with Gasteiger partial charge >= 0.3 is 0 Å². The number of anilines is 1. The molecule has 3 aromatic rings. The molecular formula is C21H24FN3O2. The molecule has 1 heterocycles. The average Bonchev–Trinajstić information content (AvgIpc) is 2.65. The summed E-state index contributed by atoms with van der Waals surface area (Å²) >= 11 is 0. The Morgan fingerprint density at radius 2 is 1.67 bits per heavy atom. The molecule has 1 N–H and O–H groups in total. The maximum absolute atomic E-state index is 13.1. The zero-order valence-electron chi connectivity index (χ0n) is 16.0. The van der Waals surface area contributed by atoms with E-state index in [-0.39, 0.29) is 5.82 Å². The lowest BCUT2D eigenvalue weighted by atomic mass is 10.1. The van der Waals surface area contributed by atoms with Gasteiger partial charge in [-0.25, -0.2) is 14.4 Å². The third kappa shape index (κ3) is 4.45. The second-order valence-corrected chi connectivity index (χ2v) is 6.79. The van der Waals surface area contributed by atoms with Crippen molar-refractivity contribution in [2.45, 2.75) is 26.8 Å². The second kappa shape index (κ2) is 8.20. The topological polar surface area (TPSA) is 56.3 Å². The normalized spacial score (nSPS) is 11.0. The van der Waals surface area contributed by atoms with E-state index in [1.165, 1.54) is 12.1 Å². The van der Waals surface area contributed by atoms with Crippen LogP contribution in [0.1, 0.15) is 25.2 Å². The second-order valence-electron chi connectivity index (χ2n) is 6.79. The van der Waals surface area contributed by atoms with Crippen molar-refractivity contribution in [2.75, 3.05) is 19.5 Å². The average molecular weight is 369 g/mol. The number of methoxy groups -OCH3 is 2. The van der Waals surface area contributed by atoms with Crippen LogP contribution in [-0.2, 0) is 13.0 Å². The molecule has 0 atom stereocenters. The highest BCUT2D eigenvalue weighted by atomic mass is 19.1. The van der Waals surface area contributed by atoms with Crippen LogP contribution in [0.5, 0.6) is 11.5 Å². The van der Waals surface area contributed by atoms with Crippen molar-refractivity contribution in [1.82, 2.24) is 9.97 Å². The maximum atomic E-state index is 13.1. The van der Waals surface area contributed by atoms with Crippen molar-refractivity contribution in [1.29, 1.82) is 0 Å². The van der Waals surface area contributed by atoms with E-state index in [1.807, 2.05) is 12.1 Å². The van der Waals surface area contributed by atoms with Gasteiger partial charge in [0.15, 0.2) is 11.5 Å². The Hall–Kier alpha value is -2.89. The number of fused-ring (bicyclic) bond motifs is 1. The Morgan fingerprint density at radius 1 is 1.00 bits per heavy atom. The molecule has 0 bridgehead atoms. The quantitative estimate of drug-likeness (QED) is 0.660. The van der Waals surface area contributed by atoms with E-state index < -0.39 is 0 Å². The third-order valence-corrected chi connectivity index (χ3v) is 4.21. The van der Waals surface area contributed by atoms with E-state index in [2.05, 4.69) is 19.2 Å². The summed E-state index contributed by atoms with van der Waals surface area (Å²) in [4.78, 5) is 9.40. The number of hydrogen-bond acceptors (Lipinski definition) is 5. The van der Waals surface area contributed by atoms with E-state index in [0.29, 0.717) is 24.0 Å². The molecule has 27 heavy (non-hydrogen) atoms. The smallest absolute Gasteiger partial charge is 0.162 e. The summed E-state index contributed by atoms with van der Waals surface area (Å²) in [6, 6.07) is 10.2. The first-order valence-electron chi connectivity index (χ1n) is 8.91. The summed E-state index contributed by atoms with van der Waals surface area (Å²) in [5.41, 5.74) is 1.76. The summed E-state index contributed by atoms with van der Waals surface area (Å²) in [5, 5.41) is 4.21. The number of halogens is 1. The molecule has 0 saturated carbocycles. The van der Waals surface area contributed by atoms with Gasteiger partial charge < -0.3 is 14.8 Å². The fourth-order valence-electron chi connectivity index (χ4n) is 2.88. The molecule has 1 aromatic heterocycles. The van der Waals surface area contributed by atoms with Gasteiger partial charge in [-0.15, -0.1) is 0 Å². The highest BCUT2D eigenvalue weighted by molar-refractivity contribution is 5.91. The zero-order valence-corrected chi connectivity index (χ0v) is 16.0. The van der Waals surface area contributed by atoms with Crippen LogP contribution >= 0.6 is 0 Å². The number of ether oxygens (including phenoxy) is 2. The molecule has 0 aliphatic heterocycles. The fourth-order valence-corrected chi connectivity index (χ4v) is 2.88. The van der Waals surface area contributed by atoms with Gasteiger partial charge in [0.05, 0.1) is 19.7 Å². The Labute approximate surface area is 158 Å². The molecule has 2 aromatic carbocycles. The molecule has 0 saturated heterocycles. The number of benzene rings is 2. The Balaban J connectivity index is 2.02. The van der Waals surface area contributed by atoms with Gasteiger partial charge in [0.1, 0.15) is 17.5 Å². The third-order valence-electron chi connectivity index (χ3n) is 4.21. The molecule has 6 heteroatoms. The first-order valence-corrected chi connectivity index (χ1v) is 8.91. The lowest BCUT2D eigenvalue weighted by molar-refractivity contribution is 0.356. The van der Waals surface area contributed by atoms with Gasteiger partial charge in [0.25, 0.3) is 0 Å². The minimum absolute atomic E-state index is 0.248. The number of rotatable bonds is 7. The Morgan fingerprint density at radius 3 is 2.30 bits per heavy atom. The molecule has 0 spiro atoms. The van der Waals surface area contributed by atoms with E-state index in [1.54, 1.807) is 26.4 Å². The summed E-state index contributed by atoms with van der Waals surface area (Å²) < 4.78 is 23.9. The van der Waals surface area contributed by atoms with Crippen LogP contribution in [0.15, 0.2) is 36.4 Å². The molecule has 5 nitrogen and oxygen atoms in total. The predicted octanol–water partition coefficient (Wildman–Crippen LogP) is 4.60. The molecule has 0 fully saturated rings. The van der Waals surface area contributed by atoms with Gasteiger partial charge in [-0.1, -0.05) is 26.0 Å². The van der Waals surface area contributed by atoms with Gasteiger partial charge in [0.2, 0.25) is 0 Å². The highest BCUT2D eigenvalue weighted by Crippen LogP contribution is 2.34. The van der Waals surface area contributed by atoms with Crippen molar-refractivity contribution in [2.24, 2.45) is 5.92 Å². The highest BCUT2D eigenvalue weighted by Gasteiger charge is 2.14. The number of aromatic nitrogens is 2. The number of nitrogens with one attached hydrogen (secondary N) is 1. The van der Waals surface area contributed by atoms with E-state index in [0.717, 1.165) is 34.5 Å². The first kappa shape index (κ1) is 18.9. The van der Waals surface area contributed by atoms with Gasteiger partial charge in [-0.3, -0.25) is 0 Å². The minimum Gasteiger partial charge on any atom is -0.493 e. The fraction of sp³-hybridized carbons (Fsp3) is 0.333. The van der Waals surface area contributed by atoms with E-state index >= 15 is 0 Å². The summed E-state index contributed by atoms with van der Waals surface area (Å²) in [6.45, 7) is 4.80. The summed E-state index contributed by atoms with van der Waals surface area (Å²) in [6.07, 6.45) is 0.773. The molecule has 0 radical (unpaired) electrons. The molecule has 142 valence electrons. The van der Waals surface area contributed by atoms with E-state index in [9.17, 15) is 4.39 Å². The van der Waals surface area contributed by atoms with Gasteiger partial charge in [-0.05, 0) is 29.7 Å². The van der Waals surface area contributed by atoms with Crippen LogP contribution < -0.4 is 14.8 Å². The van der Waals surface area contributed by atoms with E-state index in [4.69, 9.17) is 19.4 Å². The number of hydrogen-bond donors (Lipinski definition) is 1. The zero-order chi connectivity index (χ0) is 19.4. The minimum atomic E-state index is -0.248. The Kier molecular flexibility index (Phi) is 5.74. The van der Waals surface area contributed by atoms with Crippen molar-refractivity contribution < 1.29 is 13.9 Å².